The summed E-state index contributed by atoms with van der Waals surface area (Å²) in [6.45, 7) is 0. The van der Waals surface area contributed by atoms with Gasteiger partial charge in [-0.2, -0.15) is 5.10 Å². The van der Waals surface area contributed by atoms with Crippen molar-refractivity contribution < 1.29 is 9.31 Å². The molecular weight excluding hydrogens is 271 g/mol. The van der Waals surface area contributed by atoms with E-state index in [0.717, 1.165) is 18.9 Å². The fraction of sp³-hybridized carbons (Fsp3) is 0.273. The molecule has 98 valence electrons. The third-order valence-corrected chi connectivity index (χ3v) is 3.30. The molecule has 1 fully saturated rings. The summed E-state index contributed by atoms with van der Waals surface area (Å²) in [5, 5.41) is 17.7. The van der Waals surface area contributed by atoms with Crippen molar-refractivity contribution in [2.24, 2.45) is 0 Å². The molecule has 3 rings (SSSR count). The fourth-order valence-electron chi connectivity index (χ4n) is 2.01. The van der Waals surface area contributed by atoms with Gasteiger partial charge in [0.2, 0.25) is 0 Å². The molecule has 1 saturated carbocycles. The van der Waals surface area contributed by atoms with E-state index >= 15 is 0 Å². The number of halogens is 1. The lowest BCUT2D eigenvalue weighted by Crippen LogP contribution is -2.01. The van der Waals surface area contributed by atoms with E-state index in [-0.39, 0.29) is 17.3 Å². The molecule has 0 radical (unpaired) electrons. The van der Waals surface area contributed by atoms with E-state index in [1.807, 2.05) is 0 Å². The average Bonchev–Trinajstić information content (AvgIpc) is 3.13. The maximum absolute atomic E-state index is 13.1. The monoisotopic (exact) mass is 280 g/mol. The lowest BCUT2D eigenvalue weighted by Gasteiger charge is -2.05. The second kappa shape index (κ2) is 4.23. The summed E-state index contributed by atoms with van der Waals surface area (Å²) in [6, 6.07) is 3.66. The van der Waals surface area contributed by atoms with Crippen LogP contribution in [0.25, 0.3) is 11.4 Å². The van der Waals surface area contributed by atoms with E-state index in [1.165, 1.54) is 12.1 Å². The van der Waals surface area contributed by atoms with Crippen LogP contribution in [0.4, 0.5) is 10.1 Å². The Kier molecular flexibility index (Phi) is 2.67. The maximum atomic E-state index is 13.1. The Hall–Kier alpha value is -2.09. The molecule has 0 amide bonds. The van der Waals surface area contributed by atoms with Crippen molar-refractivity contribution in [3.63, 3.8) is 0 Å². The van der Waals surface area contributed by atoms with E-state index in [2.05, 4.69) is 10.2 Å². The first kappa shape index (κ1) is 12.0. The molecule has 0 bridgehead atoms. The highest BCUT2D eigenvalue weighted by atomic mass is 32.1. The molecule has 0 unspecified atom stereocenters. The number of nitro benzene ring substituents is 1. The fourth-order valence-corrected chi connectivity index (χ4v) is 2.29. The van der Waals surface area contributed by atoms with Crippen LogP contribution >= 0.6 is 12.2 Å². The number of benzene rings is 1. The van der Waals surface area contributed by atoms with Crippen molar-refractivity contribution in [1.82, 2.24) is 14.8 Å². The first-order valence-corrected chi connectivity index (χ1v) is 6.10. The van der Waals surface area contributed by atoms with E-state index in [0.29, 0.717) is 10.6 Å². The van der Waals surface area contributed by atoms with Crippen LogP contribution in [0.1, 0.15) is 18.9 Å². The van der Waals surface area contributed by atoms with Crippen LogP contribution < -0.4 is 0 Å². The van der Waals surface area contributed by atoms with E-state index in [1.54, 1.807) is 4.57 Å². The van der Waals surface area contributed by atoms with Crippen molar-refractivity contribution >= 4 is 17.9 Å². The van der Waals surface area contributed by atoms with Crippen LogP contribution in [0.15, 0.2) is 18.2 Å². The minimum Gasteiger partial charge on any atom is -0.297 e. The number of rotatable bonds is 3. The van der Waals surface area contributed by atoms with Gasteiger partial charge in [-0.05, 0) is 37.2 Å². The zero-order valence-electron chi connectivity index (χ0n) is 9.67. The normalized spacial score (nSPS) is 14.6. The number of H-pyrrole nitrogens is 1. The Morgan fingerprint density at radius 1 is 1.53 bits per heavy atom. The molecule has 1 aliphatic rings. The highest BCUT2D eigenvalue weighted by Crippen LogP contribution is 2.39. The third-order valence-electron chi connectivity index (χ3n) is 3.01. The molecule has 19 heavy (non-hydrogen) atoms. The van der Waals surface area contributed by atoms with Gasteiger partial charge in [0.1, 0.15) is 5.82 Å². The smallest absolute Gasteiger partial charge is 0.283 e. The van der Waals surface area contributed by atoms with Gasteiger partial charge in [-0.15, -0.1) is 0 Å². The molecule has 2 aromatic rings. The van der Waals surface area contributed by atoms with Gasteiger partial charge in [-0.1, -0.05) is 0 Å². The van der Waals surface area contributed by atoms with Gasteiger partial charge in [-0.3, -0.25) is 19.8 Å². The molecule has 1 aromatic carbocycles. The zero-order valence-corrected chi connectivity index (χ0v) is 10.5. The van der Waals surface area contributed by atoms with Crippen LogP contribution in [0.3, 0.4) is 0 Å². The SMILES string of the molecule is O=[N+]([O-])c1cc(F)ccc1-c1n[nH]c(=S)n1C1CC1. The summed E-state index contributed by atoms with van der Waals surface area (Å²) in [7, 11) is 0. The lowest BCUT2D eigenvalue weighted by molar-refractivity contribution is -0.384. The van der Waals surface area contributed by atoms with Crippen molar-refractivity contribution in [2.75, 3.05) is 0 Å². The zero-order chi connectivity index (χ0) is 13.6. The van der Waals surface area contributed by atoms with Gasteiger partial charge in [0.15, 0.2) is 10.6 Å². The molecular formula is C11H9FN4O2S. The van der Waals surface area contributed by atoms with Gasteiger partial charge in [0.25, 0.3) is 5.69 Å². The number of aromatic amines is 1. The van der Waals surface area contributed by atoms with Crippen LogP contribution in [0.2, 0.25) is 0 Å². The number of nitrogens with zero attached hydrogens (tertiary/aromatic N) is 3. The number of hydrogen-bond donors (Lipinski definition) is 1. The van der Waals surface area contributed by atoms with E-state index in [9.17, 15) is 14.5 Å². The van der Waals surface area contributed by atoms with Crippen LogP contribution in [-0.4, -0.2) is 19.7 Å². The molecule has 8 heteroatoms. The Morgan fingerprint density at radius 2 is 2.26 bits per heavy atom. The molecule has 6 nitrogen and oxygen atoms in total. The topological polar surface area (TPSA) is 76.8 Å². The summed E-state index contributed by atoms with van der Waals surface area (Å²) in [6.07, 6.45) is 1.94. The maximum Gasteiger partial charge on any atom is 0.283 e. The van der Waals surface area contributed by atoms with Gasteiger partial charge >= 0.3 is 0 Å². The van der Waals surface area contributed by atoms with Crippen LogP contribution in [0.5, 0.6) is 0 Å². The quantitative estimate of drug-likeness (QED) is 0.532. The average molecular weight is 280 g/mol. The predicted molar refractivity (Wildman–Crippen MR) is 67.7 cm³/mol. The summed E-state index contributed by atoms with van der Waals surface area (Å²) in [5.74, 6) is -0.262. The molecule has 0 aliphatic heterocycles. The number of hydrogen-bond acceptors (Lipinski definition) is 4. The highest BCUT2D eigenvalue weighted by Gasteiger charge is 2.30. The van der Waals surface area contributed by atoms with Crippen molar-refractivity contribution in [3.05, 3.63) is 38.9 Å². The highest BCUT2D eigenvalue weighted by molar-refractivity contribution is 7.71. The van der Waals surface area contributed by atoms with Crippen molar-refractivity contribution in [1.29, 1.82) is 0 Å². The molecule has 0 spiro atoms. The summed E-state index contributed by atoms with van der Waals surface area (Å²) < 4.78 is 15.3. The van der Waals surface area contributed by atoms with Gasteiger partial charge in [0.05, 0.1) is 16.6 Å². The Morgan fingerprint density at radius 3 is 2.89 bits per heavy atom. The second-order valence-corrected chi connectivity index (χ2v) is 4.76. The lowest BCUT2D eigenvalue weighted by atomic mass is 10.1. The van der Waals surface area contributed by atoms with Gasteiger partial charge in [-0.25, -0.2) is 4.39 Å². The van der Waals surface area contributed by atoms with E-state index in [4.69, 9.17) is 12.2 Å². The first-order valence-electron chi connectivity index (χ1n) is 5.69. The molecule has 1 heterocycles. The molecule has 1 aromatic heterocycles. The number of nitrogens with one attached hydrogen (secondary N) is 1. The minimum atomic E-state index is -0.650. The Bertz CT molecular complexity index is 720. The number of nitro groups is 1. The standard InChI is InChI=1S/C11H9FN4O2S/c12-6-1-4-8(9(5-6)16(17)18)10-13-14-11(19)15(10)7-2-3-7/h1,4-5,7H,2-3H2,(H,14,19). The largest absolute Gasteiger partial charge is 0.297 e. The second-order valence-electron chi connectivity index (χ2n) is 4.37. The molecule has 0 atom stereocenters. The molecule has 1 aliphatic carbocycles. The van der Waals surface area contributed by atoms with Gasteiger partial charge < -0.3 is 0 Å². The minimum absolute atomic E-state index is 0.228. The third kappa shape index (κ3) is 2.03. The van der Waals surface area contributed by atoms with Crippen molar-refractivity contribution in [3.8, 4) is 11.4 Å². The van der Waals surface area contributed by atoms with Crippen LogP contribution in [-0.2, 0) is 0 Å². The summed E-state index contributed by atoms with van der Waals surface area (Å²) >= 11 is 5.12. The molecule has 1 N–H and O–H groups in total. The summed E-state index contributed by atoms with van der Waals surface area (Å²) in [5.41, 5.74) is -0.0402. The van der Waals surface area contributed by atoms with Crippen molar-refractivity contribution in [2.45, 2.75) is 18.9 Å². The molecule has 0 saturated heterocycles. The van der Waals surface area contributed by atoms with Crippen LogP contribution in [0, 0.1) is 20.7 Å². The Balaban J connectivity index is 2.22. The van der Waals surface area contributed by atoms with E-state index < -0.39 is 10.7 Å². The Labute approximate surface area is 112 Å². The predicted octanol–water partition coefficient (Wildman–Crippen LogP) is 2.99. The first-order chi connectivity index (χ1) is 9.08. The number of aromatic nitrogens is 3. The van der Waals surface area contributed by atoms with Gasteiger partial charge in [0, 0.05) is 6.04 Å². The summed E-state index contributed by atoms with van der Waals surface area (Å²) in [4.78, 5) is 10.4.